The Balaban J connectivity index is 1.10. The zero-order valence-corrected chi connectivity index (χ0v) is 33.0. The molecule has 0 saturated heterocycles. The lowest BCUT2D eigenvalue weighted by Crippen LogP contribution is -2.16. The van der Waals surface area contributed by atoms with Crippen molar-refractivity contribution in [3.8, 4) is 78.4 Å². The van der Waals surface area contributed by atoms with Gasteiger partial charge in [0.15, 0.2) is 5.82 Å². The van der Waals surface area contributed by atoms with Crippen LogP contribution in [0.4, 0.5) is 0 Å². The average molecular weight is 753 g/mol. The van der Waals surface area contributed by atoms with Gasteiger partial charge in [-0.05, 0) is 83.2 Å². The van der Waals surface area contributed by atoms with Gasteiger partial charge >= 0.3 is 0 Å². The van der Waals surface area contributed by atoms with Gasteiger partial charge in [0.2, 0.25) is 0 Å². The Bertz CT molecular complexity index is 3220. The smallest absolute Gasteiger partial charge is 0.160 e. The van der Waals surface area contributed by atoms with Crippen LogP contribution in [0.5, 0.6) is 0 Å². The number of benzene rings is 9. The predicted octanol–water partition coefficient (Wildman–Crippen LogP) is 15.1. The van der Waals surface area contributed by atoms with E-state index in [1.165, 1.54) is 55.1 Å². The van der Waals surface area contributed by atoms with Gasteiger partial charge in [0.05, 0.1) is 11.4 Å². The molecular formula is C57H40N2. The average Bonchev–Trinajstić information content (AvgIpc) is 3.55. The van der Waals surface area contributed by atoms with Crippen molar-refractivity contribution in [3.05, 3.63) is 217 Å². The predicted molar refractivity (Wildman–Crippen MR) is 247 cm³/mol. The minimum Gasteiger partial charge on any atom is -0.228 e. The van der Waals surface area contributed by atoms with E-state index in [9.17, 15) is 0 Å². The third kappa shape index (κ3) is 5.79. The van der Waals surface area contributed by atoms with Crippen LogP contribution in [0.25, 0.3) is 100.0 Å². The highest BCUT2D eigenvalue weighted by molar-refractivity contribution is 6.09. The quantitative estimate of drug-likeness (QED) is 0.169. The summed E-state index contributed by atoms with van der Waals surface area (Å²) >= 11 is 0. The van der Waals surface area contributed by atoms with Crippen LogP contribution >= 0.6 is 0 Å². The topological polar surface area (TPSA) is 25.8 Å². The highest BCUT2D eigenvalue weighted by Gasteiger charge is 2.38. The van der Waals surface area contributed by atoms with Crippen LogP contribution in [0.15, 0.2) is 206 Å². The molecule has 0 bridgehead atoms. The van der Waals surface area contributed by atoms with Gasteiger partial charge in [-0.3, -0.25) is 0 Å². The largest absolute Gasteiger partial charge is 0.228 e. The lowest BCUT2D eigenvalue weighted by Gasteiger charge is -2.25. The van der Waals surface area contributed by atoms with E-state index in [2.05, 4.69) is 220 Å². The summed E-state index contributed by atoms with van der Waals surface area (Å²) < 4.78 is 0. The molecule has 0 N–H and O–H groups in total. The van der Waals surface area contributed by atoms with Crippen LogP contribution in [-0.2, 0) is 5.41 Å². The van der Waals surface area contributed by atoms with E-state index in [1.807, 2.05) is 0 Å². The summed E-state index contributed by atoms with van der Waals surface area (Å²) in [7, 11) is 0. The minimum atomic E-state index is -0.177. The summed E-state index contributed by atoms with van der Waals surface area (Å²) in [6, 6.07) is 74.2. The molecule has 2 heteroatoms. The van der Waals surface area contributed by atoms with Crippen LogP contribution in [0, 0.1) is 0 Å². The third-order valence-electron chi connectivity index (χ3n) is 12.3. The highest BCUT2D eigenvalue weighted by Crippen LogP contribution is 2.55. The fraction of sp³-hybridized carbons (Fsp3) is 0.0526. The lowest BCUT2D eigenvalue weighted by molar-refractivity contribution is 0.662. The van der Waals surface area contributed by atoms with Crippen molar-refractivity contribution in [1.82, 2.24) is 9.97 Å². The van der Waals surface area contributed by atoms with Crippen LogP contribution in [0.3, 0.4) is 0 Å². The molecule has 1 aliphatic rings. The second kappa shape index (κ2) is 13.9. The summed E-state index contributed by atoms with van der Waals surface area (Å²) in [6.07, 6.45) is 0. The van der Waals surface area contributed by atoms with Gasteiger partial charge in [0, 0.05) is 22.1 Å². The zero-order valence-electron chi connectivity index (χ0n) is 33.0. The number of nitrogens with zero attached hydrogens (tertiary/aromatic N) is 2. The summed E-state index contributed by atoms with van der Waals surface area (Å²) in [5.74, 6) is 0.695. The molecule has 0 aliphatic heterocycles. The molecule has 1 aromatic heterocycles. The maximum atomic E-state index is 5.38. The Kier molecular flexibility index (Phi) is 8.20. The molecule has 0 spiro atoms. The van der Waals surface area contributed by atoms with Crippen molar-refractivity contribution in [2.45, 2.75) is 19.3 Å². The van der Waals surface area contributed by atoms with Crippen LogP contribution in [-0.4, -0.2) is 9.97 Å². The molecule has 0 unspecified atom stereocenters. The Morgan fingerprint density at radius 3 is 1.61 bits per heavy atom. The zero-order chi connectivity index (χ0) is 39.5. The van der Waals surface area contributed by atoms with Crippen LogP contribution < -0.4 is 0 Å². The lowest BCUT2D eigenvalue weighted by atomic mass is 9.78. The van der Waals surface area contributed by atoms with E-state index < -0.39 is 0 Å². The number of aromatic nitrogens is 2. The first-order chi connectivity index (χ1) is 29.0. The number of hydrogen-bond donors (Lipinski definition) is 0. The summed E-state index contributed by atoms with van der Waals surface area (Å²) in [5, 5.41) is 4.95. The molecule has 2 nitrogen and oxygen atoms in total. The molecule has 0 amide bonds. The highest BCUT2D eigenvalue weighted by atomic mass is 14.9. The van der Waals surface area contributed by atoms with E-state index >= 15 is 0 Å². The van der Waals surface area contributed by atoms with Gasteiger partial charge in [-0.25, -0.2) is 9.97 Å². The van der Waals surface area contributed by atoms with Crippen LogP contribution in [0.1, 0.15) is 25.0 Å². The number of rotatable bonds is 6. The first kappa shape index (κ1) is 34.8. The van der Waals surface area contributed by atoms with E-state index in [-0.39, 0.29) is 5.41 Å². The summed E-state index contributed by atoms with van der Waals surface area (Å²) in [5.41, 5.74) is 17.3. The maximum Gasteiger partial charge on any atom is 0.160 e. The van der Waals surface area contributed by atoms with Gasteiger partial charge in [0.25, 0.3) is 0 Å². The van der Waals surface area contributed by atoms with E-state index in [4.69, 9.17) is 9.97 Å². The third-order valence-corrected chi connectivity index (χ3v) is 12.3. The second-order valence-electron chi connectivity index (χ2n) is 16.1. The van der Waals surface area contributed by atoms with Gasteiger partial charge in [0.1, 0.15) is 0 Å². The van der Waals surface area contributed by atoms with Gasteiger partial charge < -0.3 is 0 Å². The number of hydrogen-bond acceptors (Lipinski definition) is 2. The fourth-order valence-corrected chi connectivity index (χ4v) is 9.50. The van der Waals surface area contributed by atoms with Crippen molar-refractivity contribution < 1.29 is 0 Å². The normalized spacial score (nSPS) is 12.7. The van der Waals surface area contributed by atoms with E-state index in [0.29, 0.717) is 5.82 Å². The standard InChI is InChI=1S/C57H40N2/c1-57(2)51-35-32-40-20-9-10-22-43(40)54(51)50-27-15-26-49(55(50)57)46-33-34-48(45-24-13-12-23-44(45)46)53-36-52(47-25-14-11-21-42(47)39-18-7-4-8-19-39)58-56(59-53)41-30-28-38(29-31-41)37-16-5-3-6-17-37/h3-36H,1-2H3. The fourth-order valence-electron chi connectivity index (χ4n) is 9.50. The first-order valence-electron chi connectivity index (χ1n) is 20.4. The molecule has 9 aromatic carbocycles. The molecule has 1 heterocycles. The molecule has 0 saturated carbocycles. The van der Waals surface area contributed by atoms with Crippen molar-refractivity contribution in [2.75, 3.05) is 0 Å². The monoisotopic (exact) mass is 752 g/mol. The Morgan fingerprint density at radius 2 is 0.864 bits per heavy atom. The Hall–Kier alpha value is -7.42. The number of fused-ring (bicyclic) bond motifs is 6. The van der Waals surface area contributed by atoms with Crippen molar-refractivity contribution in [3.63, 3.8) is 0 Å². The SMILES string of the molecule is CC1(C)c2ccc3ccccc3c2-c2cccc(-c3ccc(-c4cc(-c5ccccc5-c5ccccc5)nc(-c5ccc(-c6ccccc6)cc5)n4)c4ccccc34)c21. The Morgan fingerprint density at radius 1 is 0.339 bits per heavy atom. The molecular weight excluding hydrogens is 713 g/mol. The van der Waals surface area contributed by atoms with Crippen molar-refractivity contribution in [2.24, 2.45) is 0 Å². The van der Waals surface area contributed by atoms with Gasteiger partial charge in [-0.2, -0.15) is 0 Å². The summed E-state index contributed by atoms with van der Waals surface area (Å²) in [4.78, 5) is 10.7. The Labute approximate surface area is 345 Å². The van der Waals surface area contributed by atoms with Crippen LogP contribution in [0.2, 0.25) is 0 Å². The molecule has 0 radical (unpaired) electrons. The van der Waals surface area contributed by atoms with E-state index in [1.54, 1.807) is 0 Å². The molecule has 0 atom stereocenters. The van der Waals surface area contributed by atoms with Gasteiger partial charge in [-0.1, -0.05) is 214 Å². The van der Waals surface area contributed by atoms with Crippen molar-refractivity contribution >= 4 is 21.5 Å². The second-order valence-corrected chi connectivity index (χ2v) is 16.1. The minimum absolute atomic E-state index is 0.177. The first-order valence-corrected chi connectivity index (χ1v) is 20.4. The molecule has 59 heavy (non-hydrogen) atoms. The molecule has 1 aliphatic carbocycles. The summed E-state index contributed by atoms with van der Waals surface area (Å²) in [6.45, 7) is 4.77. The maximum absolute atomic E-state index is 5.38. The molecule has 0 fully saturated rings. The molecule has 278 valence electrons. The van der Waals surface area contributed by atoms with Crippen molar-refractivity contribution in [1.29, 1.82) is 0 Å². The van der Waals surface area contributed by atoms with E-state index in [0.717, 1.165) is 50.2 Å². The molecule has 10 aromatic rings. The van der Waals surface area contributed by atoms with Gasteiger partial charge in [-0.15, -0.1) is 0 Å². The molecule has 11 rings (SSSR count).